The highest BCUT2D eigenvalue weighted by molar-refractivity contribution is 7.93. The first-order valence-corrected chi connectivity index (χ1v) is 16.7. The number of carbonyl (C=O) groups is 2. The Hall–Kier alpha value is -3.66. The SMILES string of the molecule is CCCCC(=O)N(Cc1ccc(-c2ccccc2S(=O)(=O)N(CCC(C)(C)C)c2onc(C)c2C)cc1)[C@H](C(N)=O)C(C)C. The van der Waals surface area contributed by atoms with Gasteiger partial charge in [0.15, 0.2) is 0 Å². The summed E-state index contributed by atoms with van der Waals surface area (Å²) in [6, 6.07) is 13.6. The average Bonchev–Trinajstić information content (AvgIpc) is 3.28. The minimum Gasteiger partial charge on any atom is -0.368 e. The number of benzene rings is 2. The summed E-state index contributed by atoms with van der Waals surface area (Å²) in [5.41, 5.74) is 9.00. The van der Waals surface area contributed by atoms with Crippen molar-refractivity contribution in [1.29, 1.82) is 0 Å². The number of hydrogen-bond acceptors (Lipinski definition) is 6. The fraction of sp³-hybridized carbons (Fsp3) is 0.500. The van der Waals surface area contributed by atoms with Crippen molar-refractivity contribution >= 4 is 27.7 Å². The maximum Gasteiger partial charge on any atom is 0.267 e. The number of aromatic nitrogens is 1. The fourth-order valence-electron chi connectivity index (χ4n) is 5.09. The van der Waals surface area contributed by atoms with Crippen LogP contribution in [0.1, 0.15) is 84.0 Å². The number of aryl methyl sites for hydroxylation is 1. The minimum absolute atomic E-state index is 0.110. The Morgan fingerprint density at radius 2 is 1.66 bits per heavy atom. The fourth-order valence-corrected chi connectivity index (χ4v) is 6.77. The zero-order valence-electron chi connectivity index (χ0n) is 27.4. The molecular formula is C34H48N4O5S. The van der Waals surface area contributed by atoms with Gasteiger partial charge in [-0.15, -0.1) is 0 Å². The summed E-state index contributed by atoms with van der Waals surface area (Å²) in [4.78, 5) is 27.2. The summed E-state index contributed by atoms with van der Waals surface area (Å²) in [6.45, 7) is 16.0. The van der Waals surface area contributed by atoms with Crippen LogP contribution >= 0.6 is 0 Å². The Balaban J connectivity index is 2.01. The number of nitrogens with zero attached hydrogens (tertiary/aromatic N) is 3. The number of primary amides is 1. The summed E-state index contributed by atoms with van der Waals surface area (Å²) < 4.78 is 35.6. The Labute approximate surface area is 262 Å². The largest absolute Gasteiger partial charge is 0.368 e. The zero-order chi connectivity index (χ0) is 32.8. The third-order valence-electron chi connectivity index (χ3n) is 7.82. The van der Waals surface area contributed by atoms with Crippen LogP contribution in [0.25, 0.3) is 11.1 Å². The highest BCUT2D eigenvalue weighted by Crippen LogP contribution is 2.35. The number of amides is 2. The monoisotopic (exact) mass is 624 g/mol. The van der Waals surface area contributed by atoms with Crippen LogP contribution in [-0.2, 0) is 26.2 Å². The van der Waals surface area contributed by atoms with Gasteiger partial charge in [0.1, 0.15) is 6.04 Å². The van der Waals surface area contributed by atoms with Crippen molar-refractivity contribution in [2.45, 2.75) is 98.6 Å². The van der Waals surface area contributed by atoms with Crippen LogP contribution in [-0.4, -0.2) is 42.9 Å². The third-order valence-corrected chi connectivity index (χ3v) is 9.66. The molecule has 0 aliphatic rings. The van der Waals surface area contributed by atoms with Crippen LogP contribution in [0, 0.1) is 25.2 Å². The number of hydrogen-bond donors (Lipinski definition) is 1. The predicted molar refractivity (Wildman–Crippen MR) is 174 cm³/mol. The van der Waals surface area contributed by atoms with Crippen molar-refractivity contribution in [3.63, 3.8) is 0 Å². The van der Waals surface area contributed by atoms with Crippen molar-refractivity contribution < 1.29 is 22.5 Å². The molecule has 2 N–H and O–H groups in total. The molecule has 1 atom stereocenters. The summed E-state index contributed by atoms with van der Waals surface area (Å²) in [5, 5.41) is 4.03. The zero-order valence-corrected chi connectivity index (χ0v) is 28.2. The molecule has 0 unspecified atom stereocenters. The molecule has 9 nitrogen and oxygen atoms in total. The lowest BCUT2D eigenvalue weighted by atomic mass is 9.92. The van der Waals surface area contributed by atoms with E-state index in [-0.39, 0.29) is 41.1 Å². The molecule has 240 valence electrons. The van der Waals surface area contributed by atoms with E-state index in [1.54, 1.807) is 36.1 Å². The molecule has 3 rings (SSSR count). The first kappa shape index (κ1) is 34.8. The molecule has 1 aromatic heterocycles. The van der Waals surface area contributed by atoms with E-state index in [9.17, 15) is 18.0 Å². The van der Waals surface area contributed by atoms with Gasteiger partial charge in [-0.1, -0.05) is 95.6 Å². The first-order chi connectivity index (χ1) is 20.6. The maximum absolute atomic E-state index is 14.3. The average molecular weight is 625 g/mol. The van der Waals surface area contributed by atoms with E-state index < -0.39 is 22.0 Å². The molecule has 0 spiro atoms. The lowest BCUT2D eigenvalue weighted by Gasteiger charge is -2.32. The van der Waals surface area contributed by atoms with E-state index in [4.69, 9.17) is 10.3 Å². The second-order valence-electron chi connectivity index (χ2n) is 13.0. The molecule has 1 heterocycles. The van der Waals surface area contributed by atoms with E-state index in [1.807, 2.05) is 52.0 Å². The van der Waals surface area contributed by atoms with E-state index in [0.29, 0.717) is 35.2 Å². The van der Waals surface area contributed by atoms with Crippen LogP contribution in [0.2, 0.25) is 0 Å². The molecule has 10 heteroatoms. The van der Waals surface area contributed by atoms with Crippen LogP contribution in [0.3, 0.4) is 0 Å². The van der Waals surface area contributed by atoms with Gasteiger partial charge in [-0.25, -0.2) is 12.7 Å². The number of unbranched alkanes of at least 4 members (excludes halogenated alkanes) is 1. The lowest BCUT2D eigenvalue weighted by Crippen LogP contribution is -2.50. The molecule has 0 bridgehead atoms. The maximum atomic E-state index is 14.3. The van der Waals surface area contributed by atoms with Crippen molar-refractivity contribution in [3.8, 4) is 11.1 Å². The van der Waals surface area contributed by atoms with Crippen LogP contribution in [0.4, 0.5) is 5.88 Å². The number of sulfonamides is 1. The summed E-state index contributed by atoms with van der Waals surface area (Å²) in [5.74, 6) is -0.571. The van der Waals surface area contributed by atoms with E-state index in [0.717, 1.165) is 18.4 Å². The highest BCUT2D eigenvalue weighted by atomic mass is 32.2. The molecule has 44 heavy (non-hydrogen) atoms. The van der Waals surface area contributed by atoms with Crippen LogP contribution in [0.5, 0.6) is 0 Å². The Kier molecular flexibility index (Phi) is 11.4. The number of carbonyl (C=O) groups excluding carboxylic acids is 2. The summed E-state index contributed by atoms with van der Waals surface area (Å²) in [6.07, 6.45) is 2.54. The van der Waals surface area contributed by atoms with E-state index in [2.05, 4.69) is 25.9 Å². The lowest BCUT2D eigenvalue weighted by molar-refractivity contribution is -0.141. The quantitative estimate of drug-likeness (QED) is 0.215. The molecule has 2 aromatic carbocycles. The minimum atomic E-state index is -4.05. The van der Waals surface area contributed by atoms with Gasteiger partial charge in [-0.2, -0.15) is 0 Å². The molecular weight excluding hydrogens is 576 g/mol. The van der Waals surface area contributed by atoms with E-state index in [1.165, 1.54) is 4.31 Å². The Morgan fingerprint density at radius 1 is 1.02 bits per heavy atom. The molecule has 0 saturated heterocycles. The molecule has 0 radical (unpaired) electrons. The molecule has 0 aliphatic heterocycles. The summed E-state index contributed by atoms with van der Waals surface area (Å²) in [7, 11) is -4.05. The Morgan fingerprint density at radius 3 is 2.18 bits per heavy atom. The Bertz CT molecular complexity index is 1540. The second kappa shape index (κ2) is 14.4. The summed E-state index contributed by atoms with van der Waals surface area (Å²) >= 11 is 0. The van der Waals surface area contributed by atoms with Crippen LogP contribution in [0.15, 0.2) is 57.9 Å². The van der Waals surface area contributed by atoms with Crippen molar-refractivity contribution in [3.05, 3.63) is 65.4 Å². The number of nitrogens with two attached hydrogens (primary N) is 1. The topological polar surface area (TPSA) is 127 Å². The smallest absolute Gasteiger partial charge is 0.267 e. The molecule has 0 saturated carbocycles. The molecule has 3 aromatic rings. The van der Waals surface area contributed by atoms with Gasteiger partial charge in [0.05, 0.1) is 10.6 Å². The predicted octanol–water partition coefficient (Wildman–Crippen LogP) is 6.62. The van der Waals surface area contributed by atoms with Crippen molar-refractivity contribution in [2.75, 3.05) is 10.8 Å². The molecule has 0 aliphatic carbocycles. The van der Waals surface area contributed by atoms with E-state index >= 15 is 0 Å². The second-order valence-corrected chi connectivity index (χ2v) is 14.8. The molecule has 2 amide bonds. The highest BCUT2D eigenvalue weighted by Gasteiger charge is 2.33. The third kappa shape index (κ3) is 8.28. The van der Waals surface area contributed by atoms with Gasteiger partial charge in [-0.05, 0) is 55.2 Å². The molecule has 0 fully saturated rings. The van der Waals surface area contributed by atoms with Crippen molar-refractivity contribution in [2.24, 2.45) is 17.1 Å². The number of anilines is 1. The van der Waals surface area contributed by atoms with Gasteiger partial charge < -0.3 is 15.2 Å². The van der Waals surface area contributed by atoms with Crippen molar-refractivity contribution in [1.82, 2.24) is 10.1 Å². The number of rotatable bonds is 14. The van der Waals surface area contributed by atoms with Gasteiger partial charge in [0.25, 0.3) is 10.0 Å². The normalized spacial score (nSPS) is 12.8. The van der Waals surface area contributed by atoms with Gasteiger partial charge in [0.2, 0.25) is 17.7 Å². The van der Waals surface area contributed by atoms with Gasteiger partial charge in [0, 0.05) is 30.6 Å². The van der Waals surface area contributed by atoms with Gasteiger partial charge in [-0.3, -0.25) is 9.59 Å². The standard InChI is InChI=1S/C34H48N4O5S/c1-9-10-15-30(39)37(31(23(2)3)32(35)40)22-26-16-18-27(19-17-26)28-13-11-12-14-29(28)44(41,42)38(21-20-34(6,7)8)33-24(4)25(5)36-43-33/h11-14,16-19,23,31H,9-10,15,20-22H2,1-8H3,(H2,35,40)/t31-/m0/s1. The first-order valence-electron chi connectivity index (χ1n) is 15.3. The van der Waals surface area contributed by atoms with Crippen LogP contribution < -0.4 is 10.0 Å². The van der Waals surface area contributed by atoms with Gasteiger partial charge >= 0.3 is 0 Å².